The summed E-state index contributed by atoms with van der Waals surface area (Å²) in [5, 5.41) is 3.47. The minimum atomic E-state index is -1.91. The minimum absolute atomic E-state index is 0.515. The van der Waals surface area contributed by atoms with E-state index in [0.717, 1.165) is 12.8 Å². The Kier molecular flexibility index (Phi) is 9.43. The monoisotopic (exact) mass is 636 g/mol. The lowest BCUT2D eigenvalue weighted by atomic mass is 9.89. The molecule has 0 N–H and O–H groups in total. The molecule has 0 nitrogen and oxygen atoms in total. The van der Waals surface area contributed by atoms with E-state index in [2.05, 4.69) is 154 Å². The third-order valence-electron chi connectivity index (χ3n) is 11.5. The molecule has 0 heterocycles. The maximum Gasteiger partial charge on any atom is 0.109 e. The van der Waals surface area contributed by atoms with E-state index in [1.807, 2.05) is 0 Å². The zero-order chi connectivity index (χ0) is 33.6. The highest BCUT2D eigenvalue weighted by Crippen LogP contribution is 2.47. The highest BCUT2D eigenvalue weighted by Gasteiger charge is 2.41. The van der Waals surface area contributed by atoms with Gasteiger partial charge in [-0.15, -0.1) is 0 Å². The summed E-state index contributed by atoms with van der Waals surface area (Å²) < 4.78 is 0. The molecular weight excluding hydrogens is 581 g/mol. The van der Waals surface area contributed by atoms with Gasteiger partial charge in [-0.25, -0.2) is 0 Å². The molecule has 0 aliphatic heterocycles. The molecule has 4 aromatic carbocycles. The second-order valence-electron chi connectivity index (χ2n) is 15.6. The Morgan fingerprint density at radius 1 is 0.489 bits per heavy atom. The lowest BCUT2D eigenvalue weighted by Gasteiger charge is -2.33. The summed E-state index contributed by atoms with van der Waals surface area (Å²) in [5.74, 6) is 2.06. The van der Waals surface area contributed by atoms with Crippen LogP contribution in [0.1, 0.15) is 137 Å². The van der Waals surface area contributed by atoms with Gasteiger partial charge in [0.05, 0.1) is 0 Å². The van der Waals surface area contributed by atoms with Crippen molar-refractivity contribution in [3.8, 4) is 22.3 Å². The van der Waals surface area contributed by atoms with E-state index in [1.54, 1.807) is 10.4 Å². The minimum Gasteiger partial charge on any atom is -0.0709 e. The third kappa shape index (κ3) is 6.17. The highest BCUT2D eigenvalue weighted by molar-refractivity contribution is 6.94. The second kappa shape index (κ2) is 13.2. The SMILES string of the molecule is CC[Si](CC)(C1=Cc2c(cccc2-c2cc(C(C)C)cc(C(C)C)c2)C1)C1=Cc2c(cccc2-c2cc(C(C)C)cc(C(C)C)c2)C1. The lowest BCUT2D eigenvalue weighted by molar-refractivity contribution is 0.834. The maximum absolute atomic E-state index is 2.66. The van der Waals surface area contributed by atoms with Crippen molar-refractivity contribution >= 4 is 20.2 Å². The van der Waals surface area contributed by atoms with E-state index < -0.39 is 8.07 Å². The van der Waals surface area contributed by atoms with Crippen molar-refractivity contribution in [3.05, 3.63) is 128 Å². The predicted molar refractivity (Wildman–Crippen MR) is 210 cm³/mol. The van der Waals surface area contributed by atoms with Crippen LogP contribution in [0.4, 0.5) is 0 Å². The summed E-state index contributed by atoms with van der Waals surface area (Å²) in [6.45, 7) is 23.5. The van der Waals surface area contributed by atoms with Gasteiger partial charge < -0.3 is 0 Å². The molecule has 0 radical (unpaired) electrons. The van der Waals surface area contributed by atoms with E-state index in [0.29, 0.717) is 23.7 Å². The van der Waals surface area contributed by atoms with Crippen LogP contribution in [0.15, 0.2) is 83.2 Å². The molecule has 0 amide bonds. The number of fused-ring (bicyclic) bond motifs is 2. The molecule has 2 aliphatic rings. The summed E-state index contributed by atoms with van der Waals surface area (Å²) in [6, 6.07) is 31.3. The summed E-state index contributed by atoms with van der Waals surface area (Å²) in [5.41, 5.74) is 17.3. The second-order valence-corrected chi connectivity index (χ2v) is 20.5. The van der Waals surface area contributed by atoms with Crippen molar-refractivity contribution in [2.45, 2.75) is 118 Å². The first-order valence-electron chi connectivity index (χ1n) is 18.4. The molecule has 1 heteroatoms. The number of hydrogen-bond donors (Lipinski definition) is 0. The van der Waals surface area contributed by atoms with E-state index in [4.69, 9.17) is 0 Å². The van der Waals surface area contributed by atoms with Gasteiger partial charge >= 0.3 is 0 Å². The number of benzene rings is 4. The van der Waals surface area contributed by atoms with Crippen molar-refractivity contribution in [1.82, 2.24) is 0 Å². The Morgan fingerprint density at radius 3 is 1.13 bits per heavy atom. The van der Waals surface area contributed by atoms with Gasteiger partial charge in [-0.1, -0.05) is 177 Å². The van der Waals surface area contributed by atoms with Crippen LogP contribution in [-0.2, 0) is 12.8 Å². The Balaban J connectivity index is 1.44. The molecule has 0 aromatic heterocycles. The summed E-state index contributed by atoms with van der Waals surface area (Å²) in [6.07, 6.45) is 7.53. The Labute approximate surface area is 287 Å². The van der Waals surface area contributed by atoms with E-state index >= 15 is 0 Å². The predicted octanol–water partition coefficient (Wildman–Crippen LogP) is 13.7. The molecule has 0 fully saturated rings. The lowest BCUT2D eigenvalue weighted by Crippen LogP contribution is -2.39. The van der Waals surface area contributed by atoms with Gasteiger partial charge in [0.15, 0.2) is 0 Å². The van der Waals surface area contributed by atoms with Crippen LogP contribution in [0, 0.1) is 0 Å². The molecule has 2 aliphatic carbocycles. The highest BCUT2D eigenvalue weighted by atomic mass is 28.3. The van der Waals surface area contributed by atoms with Gasteiger partial charge in [0.2, 0.25) is 0 Å². The maximum atomic E-state index is 2.66. The van der Waals surface area contributed by atoms with Gasteiger partial charge in [0.1, 0.15) is 8.07 Å². The largest absolute Gasteiger partial charge is 0.109 e. The van der Waals surface area contributed by atoms with Crippen LogP contribution >= 0.6 is 0 Å². The average Bonchev–Trinajstić information content (AvgIpc) is 3.70. The quantitative estimate of drug-likeness (QED) is 0.152. The topological polar surface area (TPSA) is 0 Å². The van der Waals surface area contributed by atoms with Crippen LogP contribution in [0.25, 0.3) is 34.4 Å². The molecule has 0 saturated heterocycles. The standard InChI is InChI=1S/C46H56Si/c1-11-47(12-2,41-25-33-15-13-17-43(45(33)27-41)39-21-35(29(3)4)19-36(22-39)30(5)6)42-26-34-16-14-18-44(46(34)28-42)40-23-37(31(7)8)20-38(24-40)32(9)10/h13-24,27-32H,11-12,25-26H2,1-10H3. The molecule has 6 rings (SSSR count). The van der Waals surface area contributed by atoms with E-state index in [-0.39, 0.29) is 0 Å². The fraction of sp³-hybridized carbons (Fsp3) is 0.391. The van der Waals surface area contributed by atoms with Crippen LogP contribution in [-0.4, -0.2) is 8.07 Å². The van der Waals surface area contributed by atoms with Crippen molar-refractivity contribution in [2.75, 3.05) is 0 Å². The summed E-state index contributed by atoms with van der Waals surface area (Å²) in [4.78, 5) is 0. The van der Waals surface area contributed by atoms with E-state index in [9.17, 15) is 0 Å². The molecule has 4 aromatic rings. The normalized spacial score (nSPS) is 14.3. The van der Waals surface area contributed by atoms with Crippen molar-refractivity contribution in [2.24, 2.45) is 0 Å². The van der Waals surface area contributed by atoms with Gasteiger partial charge in [-0.2, -0.15) is 0 Å². The van der Waals surface area contributed by atoms with Crippen molar-refractivity contribution < 1.29 is 0 Å². The molecule has 0 bridgehead atoms. The molecule has 0 atom stereocenters. The van der Waals surface area contributed by atoms with Gasteiger partial charge in [-0.05, 0) is 103 Å². The molecular formula is C46H56Si. The number of rotatable bonds is 10. The van der Waals surface area contributed by atoms with Gasteiger partial charge in [-0.3, -0.25) is 0 Å². The first-order chi connectivity index (χ1) is 22.4. The van der Waals surface area contributed by atoms with Crippen LogP contribution in [0.5, 0.6) is 0 Å². The Bertz CT molecular complexity index is 1670. The number of allylic oxidation sites excluding steroid dienone is 2. The Morgan fingerprint density at radius 2 is 0.830 bits per heavy atom. The smallest absolute Gasteiger partial charge is 0.0709 e. The first-order valence-corrected chi connectivity index (χ1v) is 20.8. The zero-order valence-corrected chi connectivity index (χ0v) is 31.7. The summed E-state index contributed by atoms with van der Waals surface area (Å²) >= 11 is 0. The molecule has 0 unspecified atom stereocenters. The average molecular weight is 637 g/mol. The van der Waals surface area contributed by atoms with Crippen LogP contribution < -0.4 is 0 Å². The van der Waals surface area contributed by atoms with E-state index in [1.165, 1.54) is 78.8 Å². The Hall–Kier alpha value is -3.42. The first kappa shape index (κ1) is 33.5. The summed E-state index contributed by atoms with van der Waals surface area (Å²) in [7, 11) is -1.91. The molecule has 244 valence electrons. The molecule has 47 heavy (non-hydrogen) atoms. The fourth-order valence-electron chi connectivity index (χ4n) is 8.22. The molecule has 0 saturated carbocycles. The zero-order valence-electron chi connectivity index (χ0n) is 30.7. The van der Waals surface area contributed by atoms with Gasteiger partial charge in [0, 0.05) is 0 Å². The third-order valence-corrected chi connectivity index (χ3v) is 17.0. The van der Waals surface area contributed by atoms with Crippen molar-refractivity contribution in [3.63, 3.8) is 0 Å². The number of hydrogen-bond acceptors (Lipinski definition) is 0. The molecule has 0 spiro atoms. The van der Waals surface area contributed by atoms with Gasteiger partial charge in [0.25, 0.3) is 0 Å². The van der Waals surface area contributed by atoms with Crippen molar-refractivity contribution in [1.29, 1.82) is 0 Å². The van der Waals surface area contributed by atoms with Crippen LogP contribution in [0.2, 0.25) is 12.1 Å². The fourth-order valence-corrected chi connectivity index (χ4v) is 12.8. The van der Waals surface area contributed by atoms with Crippen LogP contribution in [0.3, 0.4) is 0 Å².